The van der Waals surface area contributed by atoms with Crippen LogP contribution in [0.3, 0.4) is 0 Å². The smallest absolute Gasteiger partial charge is 0.210 e. The summed E-state index contributed by atoms with van der Waals surface area (Å²) in [5.41, 5.74) is 0. The molecule has 0 saturated heterocycles. The lowest BCUT2D eigenvalue weighted by atomic mass is 10.4. The van der Waals surface area contributed by atoms with Gasteiger partial charge in [0.25, 0.3) is 0 Å². The third kappa shape index (κ3) is 2.69. The SMILES string of the molecule is O=S(=O)(F)C[C@H]1C[C@H]1C(F)F. The Kier molecular flexibility index (Phi) is 2.13. The first kappa shape index (κ1) is 8.83. The zero-order chi connectivity index (χ0) is 8.65. The maximum atomic E-state index is 11.8. The normalized spacial score (nSPS) is 30.9. The van der Waals surface area contributed by atoms with Crippen LogP contribution in [0, 0.1) is 11.8 Å². The van der Waals surface area contributed by atoms with Crippen LogP contribution < -0.4 is 0 Å². The Labute approximate surface area is 62.6 Å². The van der Waals surface area contributed by atoms with Crippen molar-refractivity contribution in [2.24, 2.45) is 11.8 Å². The number of alkyl halides is 2. The summed E-state index contributed by atoms with van der Waals surface area (Å²) in [5, 5.41) is 0. The van der Waals surface area contributed by atoms with Crippen molar-refractivity contribution in [1.82, 2.24) is 0 Å². The highest BCUT2D eigenvalue weighted by Crippen LogP contribution is 2.43. The van der Waals surface area contributed by atoms with Crippen LogP contribution in [-0.4, -0.2) is 20.6 Å². The molecule has 0 heterocycles. The van der Waals surface area contributed by atoms with Crippen LogP contribution in [0.5, 0.6) is 0 Å². The summed E-state index contributed by atoms with van der Waals surface area (Å²) in [7, 11) is -4.56. The van der Waals surface area contributed by atoms with Crippen molar-refractivity contribution in [3.8, 4) is 0 Å². The third-order valence-corrected chi connectivity index (χ3v) is 2.54. The number of hydrogen-bond acceptors (Lipinski definition) is 2. The summed E-state index contributed by atoms with van der Waals surface area (Å²) < 4.78 is 55.2. The molecule has 6 heteroatoms. The summed E-state index contributed by atoms with van der Waals surface area (Å²) in [6, 6.07) is 0. The molecule has 0 spiro atoms. The van der Waals surface area contributed by atoms with Crippen LogP contribution in [0.4, 0.5) is 12.7 Å². The van der Waals surface area contributed by atoms with Gasteiger partial charge in [-0.25, -0.2) is 8.78 Å². The monoisotopic (exact) mass is 188 g/mol. The second-order valence-electron chi connectivity index (χ2n) is 2.70. The Balaban J connectivity index is 2.35. The average Bonchev–Trinajstić information content (AvgIpc) is 2.40. The molecule has 2 nitrogen and oxygen atoms in total. The Morgan fingerprint density at radius 2 is 2.00 bits per heavy atom. The van der Waals surface area contributed by atoms with Gasteiger partial charge in [-0.15, -0.1) is 3.89 Å². The van der Waals surface area contributed by atoms with E-state index in [4.69, 9.17) is 0 Å². The number of hydrogen-bond donors (Lipinski definition) is 0. The van der Waals surface area contributed by atoms with Gasteiger partial charge in [0.2, 0.25) is 6.43 Å². The molecule has 1 fully saturated rings. The van der Waals surface area contributed by atoms with E-state index < -0.39 is 34.2 Å². The van der Waals surface area contributed by atoms with Crippen LogP contribution in [0.15, 0.2) is 0 Å². The predicted octanol–water partition coefficient (Wildman–Crippen LogP) is 1.19. The zero-order valence-corrected chi connectivity index (χ0v) is 6.32. The fraction of sp³-hybridized carbons (Fsp3) is 1.00. The molecule has 0 aromatic carbocycles. The van der Waals surface area contributed by atoms with Gasteiger partial charge >= 0.3 is 10.2 Å². The van der Waals surface area contributed by atoms with E-state index in [1.54, 1.807) is 0 Å². The highest BCUT2D eigenvalue weighted by molar-refractivity contribution is 7.86. The quantitative estimate of drug-likeness (QED) is 0.623. The third-order valence-electron chi connectivity index (χ3n) is 1.71. The van der Waals surface area contributed by atoms with Crippen molar-refractivity contribution in [3.05, 3.63) is 0 Å². The zero-order valence-electron chi connectivity index (χ0n) is 5.50. The van der Waals surface area contributed by atoms with Gasteiger partial charge in [-0.1, -0.05) is 0 Å². The van der Waals surface area contributed by atoms with Crippen LogP contribution in [0.1, 0.15) is 6.42 Å². The molecule has 0 radical (unpaired) electrons. The molecule has 1 saturated carbocycles. The standard InChI is InChI=1S/C5H7F3O2S/c6-5(7)4-1-3(4)2-11(8,9)10/h3-5H,1-2H2/t3-,4-/m1/s1. The Morgan fingerprint density at radius 1 is 1.45 bits per heavy atom. The Hall–Kier alpha value is -0.260. The predicted molar refractivity (Wildman–Crippen MR) is 32.5 cm³/mol. The second-order valence-corrected chi connectivity index (χ2v) is 4.11. The molecule has 0 aromatic heterocycles. The first-order valence-corrected chi connectivity index (χ1v) is 4.66. The minimum Gasteiger partial charge on any atom is -0.210 e. The van der Waals surface area contributed by atoms with Gasteiger partial charge in [0.15, 0.2) is 0 Å². The summed E-state index contributed by atoms with van der Waals surface area (Å²) in [4.78, 5) is 0. The minimum absolute atomic E-state index is 0.126. The first-order valence-electron chi connectivity index (χ1n) is 3.10. The van der Waals surface area contributed by atoms with Gasteiger partial charge < -0.3 is 0 Å². The highest BCUT2D eigenvalue weighted by Gasteiger charge is 2.46. The average molecular weight is 188 g/mol. The lowest BCUT2D eigenvalue weighted by Crippen LogP contribution is -2.05. The second kappa shape index (κ2) is 2.66. The topological polar surface area (TPSA) is 34.1 Å². The molecule has 1 aliphatic carbocycles. The molecular weight excluding hydrogens is 181 g/mol. The van der Waals surface area contributed by atoms with Crippen molar-refractivity contribution < 1.29 is 21.1 Å². The van der Waals surface area contributed by atoms with Crippen LogP contribution in [-0.2, 0) is 10.2 Å². The van der Waals surface area contributed by atoms with Crippen LogP contribution >= 0.6 is 0 Å². The van der Waals surface area contributed by atoms with Crippen molar-refractivity contribution in [2.45, 2.75) is 12.8 Å². The van der Waals surface area contributed by atoms with Gasteiger partial charge in [0.05, 0.1) is 5.75 Å². The van der Waals surface area contributed by atoms with Crippen molar-refractivity contribution in [3.63, 3.8) is 0 Å². The van der Waals surface area contributed by atoms with Gasteiger partial charge in [-0.05, 0) is 12.3 Å². The van der Waals surface area contributed by atoms with E-state index in [1.165, 1.54) is 0 Å². The van der Waals surface area contributed by atoms with Crippen LogP contribution in [0.25, 0.3) is 0 Å². The van der Waals surface area contributed by atoms with E-state index in [0.717, 1.165) is 0 Å². The number of rotatable bonds is 3. The fourth-order valence-electron chi connectivity index (χ4n) is 1.03. The van der Waals surface area contributed by atoms with Crippen LogP contribution in [0.2, 0.25) is 0 Å². The van der Waals surface area contributed by atoms with Gasteiger partial charge in [-0.3, -0.25) is 0 Å². The van der Waals surface area contributed by atoms with Crippen molar-refractivity contribution >= 4 is 10.2 Å². The number of halogens is 3. The molecule has 66 valence electrons. The maximum absolute atomic E-state index is 11.8. The van der Waals surface area contributed by atoms with E-state index in [2.05, 4.69) is 0 Å². The largest absolute Gasteiger partial charge is 0.302 e. The molecule has 0 N–H and O–H groups in total. The Morgan fingerprint density at radius 3 is 2.27 bits per heavy atom. The van der Waals surface area contributed by atoms with E-state index in [0.29, 0.717) is 0 Å². The lowest BCUT2D eigenvalue weighted by molar-refractivity contribution is 0.117. The summed E-state index contributed by atoms with van der Waals surface area (Å²) in [6.45, 7) is 0. The molecule has 1 rings (SSSR count). The molecule has 11 heavy (non-hydrogen) atoms. The maximum Gasteiger partial charge on any atom is 0.302 e. The van der Waals surface area contributed by atoms with Crippen molar-refractivity contribution in [2.75, 3.05) is 5.75 Å². The van der Waals surface area contributed by atoms with E-state index >= 15 is 0 Å². The van der Waals surface area contributed by atoms with Crippen molar-refractivity contribution in [1.29, 1.82) is 0 Å². The Bertz CT molecular complexity index is 236. The van der Waals surface area contributed by atoms with E-state index in [-0.39, 0.29) is 6.42 Å². The minimum atomic E-state index is -4.56. The molecular formula is C5H7F3O2S. The van der Waals surface area contributed by atoms with Gasteiger partial charge in [0.1, 0.15) is 0 Å². The van der Waals surface area contributed by atoms with E-state index in [9.17, 15) is 21.1 Å². The lowest BCUT2D eigenvalue weighted by Gasteiger charge is -1.93. The van der Waals surface area contributed by atoms with E-state index in [1.807, 2.05) is 0 Å². The van der Waals surface area contributed by atoms with Gasteiger partial charge in [-0.2, -0.15) is 8.42 Å². The fourth-order valence-corrected chi connectivity index (χ4v) is 1.92. The molecule has 0 amide bonds. The van der Waals surface area contributed by atoms with Gasteiger partial charge in [0, 0.05) is 5.92 Å². The molecule has 0 bridgehead atoms. The first-order chi connectivity index (χ1) is 4.90. The summed E-state index contributed by atoms with van der Waals surface area (Å²) >= 11 is 0. The summed E-state index contributed by atoms with van der Waals surface area (Å²) in [6.07, 6.45) is -2.39. The summed E-state index contributed by atoms with van der Waals surface area (Å²) in [5.74, 6) is -2.31. The highest BCUT2D eigenvalue weighted by atomic mass is 32.3. The molecule has 1 aliphatic rings. The molecule has 0 unspecified atom stereocenters. The molecule has 0 aromatic rings. The molecule has 2 atom stereocenters. The molecule has 0 aliphatic heterocycles.